The first-order chi connectivity index (χ1) is 6.42. The molecule has 2 heteroatoms. The Morgan fingerprint density at radius 1 is 1.31 bits per heavy atom. The predicted octanol–water partition coefficient (Wildman–Crippen LogP) is 1.33. The van der Waals surface area contributed by atoms with E-state index in [0.717, 1.165) is 19.3 Å². The summed E-state index contributed by atoms with van der Waals surface area (Å²) in [6.45, 7) is 0.947. The monoisotopic (exact) mass is 175 g/mol. The lowest BCUT2D eigenvalue weighted by atomic mass is 9.93. The van der Waals surface area contributed by atoms with Crippen LogP contribution in [0.5, 0.6) is 0 Å². The Labute approximate surface area is 78.0 Å². The van der Waals surface area contributed by atoms with Crippen LogP contribution >= 0.6 is 0 Å². The average molecular weight is 175 g/mol. The number of aldehydes is 1. The Balaban J connectivity index is 2.21. The number of hydrogen-bond acceptors (Lipinski definition) is 2. The molecule has 0 bridgehead atoms. The second kappa shape index (κ2) is 3.71. The van der Waals surface area contributed by atoms with Crippen molar-refractivity contribution in [2.24, 2.45) is 0 Å². The molecule has 1 aliphatic rings. The fourth-order valence-corrected chi connectivity index (χ4v) is 1.94. The number of rotatable bonds is 2. The molecule has 68 valence electrons. The molecule has 1 fully saturated rings. The Bertz CT molecular complexity index is 283. The minimum Gasteiger partial charge on any atom is -0.307 e. The summed E-state index contributed by atoms with van der Waals surface area (Å²) >= 11 is 0. The van der Waals surface area contributed by atoms with Crippen LogP contribution in [0.2, 0.25) is 0 Å². The van der Waals surface area contributed by atoms with Crippen LogP contribution in [0.4, 0.5) is 0 Å². The molecule has 1 saturated heterocycles. The van der Waals surface area contributed by atoms with Crippen LogP contribution in [0, 0.1) is 0 Å². The molecule has 0 unspecified atom stereocenters. The Morgan fingerprint density at radius 3 is 2.77 bits per heavy atom. The van der Waals surface area contributed by atoms with Crippen molar-refractivity contribution < 1.29 is 4.79 Å². The van der Waals surface area contributed by atoms with Gasteiger partial charge in [0.05, 0.1) is 6.04 Å². The van der Waals surface area contributed by atoms with E-state index in [-0.39, 0.29) is 6.04 Å². The first kappa shape index (κ1) is 8.45. The fourth-order valence-electron chi connectivity index (χ4n) is 1.94. The van der Waals surface area contributed by atoms with Crippen LogP contribution < -0.4 is 5.32 Å². The summed E-state index contributed by atoms with van der Waals surface area (Å²) in [5.41, 5.74) is 1.27. The van der Waals surface area contributed by atoms with Gasteiger partial charge in [0.2, 0.25) is 0 Å². The maximum Gasteiger partial charge on any atom is 0.137 e. The minimum atomic E-state index is 0.0161. The molecule has 0 saturated carbocycles. The largest absolute Gasteiger partial charge is 0.307 e. The smallest absolute Gasteiger partial charge is 0.137 e. The van der Waals surface area contributed by atoms with Crippen molar-refractivity contribution in [3.05, 3.63) is 35.9 Å². The Kier molecular flexibility index (Phi) is 2.41. The molecule has 1 heterocycles. The van der Waals surface area contributed by atoms with E-state index in [9.17, 15) is 4.79 Å². The highest BCUT2D eigenvalue weighted by atomic mass is 16.1. The van der Waals surface area contributed by atoms with E-state index in [1.54, 1.807) is 0 Å². The fraction of sp³-hybridized carbons (Fsp3) is 0.364. The molecule has 2 rings (SSSR count). The summed E-state index contributed by atoms with van der Waals surface area (Å²) < 4.78 is 0. The maximum atomic E-state index is 10.7. The summed E-state index contributed by atoms with van der Waals surface area (Å²) in [7, 11) is 0. The quantitative estimate of drug-likeness (QED) is 0.687. The third-order valence-corrected chi connectivity index (χ3v) is 2.64. The van der Waals surface area contributed by atoms with Gasteiger partial charge in [0.25, 0.3) is 0 Å². The van der Waals surface area contributed by atoms with Crippen molar-refractivity contribution in [2.75, 3.05) is 6.54 Å². The highest BCUT2D eigenvalue weighted by Crippen LogP contribution is 2.26. The maximum absolute atomic E-state index is 10.7. The van der Waals surface area contributed by atoms with E-state index in [2.05, 4.69) is 17.4 Å². The Morgan fingerprint density at radius 2 is 2.08 bits per heavy atom. The molecular formula is C11H13NO. The van der Waals surface area contributed by atoms with Gasteiger partial charge in [0.15, 0.2) is 0 Å². The molecule has 2 nitrogen and oxygen atoms in total. The minimum absolute atomic E-state index is 0.0161. The molecule has 0 aliphatic carbocycles. The normalized spacial score (nSPS) is 27.4. The van der Waals surface area contributed by atoms with Crippen molar-refractivity contribution in [1.29, 1.82) is 0 Å². The SMILES string of the molecule is O=C[C@H]1NCC[C@H]1c1ccccc1. The van der Waals surface area contributed by atoms with Gasteiger partial charge >= 0.3 is 0 Å². The summed E-state index contributed by atoms with van der Waals surface area (Å²) in [5.74, 6) is 0.374. The van der Waals surface area contributed by atoms with Crippen molar-refractivity contribution in [1.82, 2.24) is 5.32 Å². The van der Waals surface area contributed by atoms with Gasteiger partial charge < -0.3 is 10.1 Å². The second-order valence-electron chi connectivity index (χ2n) is 3.42. The van der Waals surface area contributed by atoms with Crippen LogP contribution in [0.25, 0.3) is 0 Å². The molecular weight excluding hydrogens is 162 g/mol. The van der Waals surface area contributed by atoms with Gasteiger partial charge in [-0.1, -0.05) is 30.3 Å². The highest BCUT2D eigenvalue weighted by molar-refractivity contribution is 5.61. The second-order valence-corrected chi connectivity index (χ2v) is 3.42. The first-order valence-corrected chi connectivity index (χ1v) is 4.65. The van der Waals surface area contributed by atoms with Crippen molar-refractivity contribution >= 4 is 6.29 Å². The lowest BCUT2D eigenvalue weighted by molar-refractivity contribution is -0.109. The molecule has 1 N–H and O–H groups in total. The number of benzene rings is 1. The third-order valence-electron chi connectivity index (χ3n) is 2.64. The lowest BCUT2D eigenvalue weighted by Gasteiger charge is -2.13. The summed E-state index contributed by atoms with van der Waals surface area (Å²) in [4.78, 5) is 10.7. The number of hydrogen-bond donors (Lipinski definition) is 1. The standard InChI is InChI=1S/C11H13NO/c13-8-11-10(6-7-12-11)9-4-2-1-3-5-9/h1-5,8,10-12H,6-7H2/t10-,11+/m0/s1. The molecule has 0 radical (unpaired) electrons. The predicted molar refractivity (Wildman–Crippen MR) is 51.7 cm³/mol. The molecule has 13 heavy (non-hydrogen) atoms. The number of carbonyl (C=O) groups excluding carboxylic acids is 1. The number of carbonyl (C=O) groups is 1. The summed E-state index contributed by atoms with van der Waals surface area (Å²) in [6, 6.07) is 10.2. The van der Waals surface area contributed by atoms with Gasteiger partial charge in [0, 0.05) is 5.92 Å². The topological polar surface area (TPSA) is 29.1 Å². The van der Waals surface area contributed by atoms with Crippen LogP contribution in [0.15, 0.2) is 30.3 Å². The molecule has 1 aromatic carbocycles. The van der Waals surface area contributed by atoms with E-state index in [4.69, 9.17) is 0 Å². The zero-order valence-electron chi connectivity index (χ0n) is 7.44. The molecule has 1 aliphatic heterocycles. The molecule has 0 spiro atoms. The number of nitrogens with one attached hydrogen (secondary N) is 1. The van der Waals surface area contributed by atoms with Gasteiger partial charge in [-0.15, -0.1) is 0 Å². The summed E-state index contributed by atoms with van der Waals surface area (Å²) in [5, 5.41) is 3.19. The van der Waals surface area contributed by atoms with Gasteiger partial charge in [0.1, 0.15) is 6.29 Å². The van der Waals surface area contributed by atoms with Gasteiger partial charge in [-0.25, -0.2) is 0 Å². The van der Waals surface area contributed by atoms with Crippen LogP contribution in [0.3, 0.4) is 0 Å². The van der Waals surface area contributed by atoms with E-state index in [1.807, 2.05) is 18.2 Å². The lowest BCUT2D eigenvalue weighted by Crippen LogP contribution is -2.27. The van der Waals surface area contributed by atoms with Crippen LogP contribution in [-0.4, -0.2) is 18.9 Å². The van der Waals surface area contributed by atoms with E-state index >= 15 is 0 Å². The molecule has 0 amide bonds. The van der Waals surface area contributed by atoms with Crippen LogP contribution in [-0.2, 0) is 4.79 Å². The van der Waals surface area contributed by atoms with Crippen molar-refractivity contribution in [3.63, 3.8) is 0 Å². The first-order valence-electron chi connectivity index (χ1n) is 4.65. The van der Waals surface area contributed by atoms with Crippen molar-refractivity contribution in [2.45, 2.75) is 18.4 Å². The van der Waals surface area contributed by atoms with Crippen molar-refractivity contribution in [3.8, 4) is 0 Å². The van der Waals surface area contributed by atoms with E-state index in [0.29, 0.717) is 5.92 Å². The molecule has 0 aromatic heterocycles. The van der Waals surface area contributed by atoms with E-state index < -0.39 is 0 Å². The molecule has 1 aromatic rings. The van der Waals surface area contributed by atoms with Gasteiger partial charge in [-0.2, -0.15) is 0 Å². The van der Waals surface area contributed by atoms with Gasteiger partial charge in [-0.3, -0.25) is 0 Å². The van der Waals surface area contributed by atoms with E-state index in [1.165, 1.54) is 5.56 Å². The average Bonchev–Trinajstić information content (AvgIpc) is 2.67. The molecule has 2 atom stereocenters. The third kappa shape index (κ3) is 1.63. The summed E-state index contributed by atoms with van der Waals surface area (Å²) in [6.07, 6.45) is 2.08. The van der Waals surface area contributed by atoms with Crippen LogP contribution in [0.1, 0.15) is 17.9 Å². The van der Waals surface area contributed by atoms with Gasteiger partial charge in [-0.05, 0) is 18.5 Å². The highest BCUT2D eigenvalue weighted by Gasteiger charge is 2.27. The zero-order valence-corrected chi connectivity index (χ0v) is 7.44. The Hall–Kier alpha value is -1.15. The zero-order chi connectivity index (χ0) is 9.10.